The first kappa shape index (κ1) is 124. The summed E-state index contributed by atoms with van der Waals surface area (Å²) < 4.78 is 121. The van der Waals surface area contributed by atoms with Crippen molar-refractivity contribution in [3.8, 4) is 107 Å². The number of amides is 1. The van der Waals surface area contributed by atoms with Crippen LogP contribution in [0.15, 0.2) is 97.1 Å². The molecule has 4 aromatic rings. The van der Waals surface area contributed by atoms with Crippen molar-refractivity contribution >= 4 is 53.7 Å². The van der Waals surface area contributed by atoms with Crippen molar-refractivity contribution in [3.05, 3.63) is 142 Å². The minimum atomic E-state index is -3.14. The number of aromatic carboxylic acids is 4. The Morgan fingerprint density at radius 3 is 1.30 bits per heavy atom. The Labute approximate surface area is 865 Å². The number of carbonyl (C=O) groups is 9. The van der Waals surface area contributed by atoms with Crippen LogP contribution in [0.25, 0.3) is 0 Å². The molecule has 31 heteroatoms. The lowest BCUT2D eigenvalue weighted by Gasteiger charge is -2.30. The molecule has 1 amide bonds. The van der Waals surface area contributed by atoms with Gasteiger partial charge in [-0.25, -0.2) is 33.2 Å². The standard InChI is InChI=1S/C16H16F2O2.C16H17FO2.C16H18O3.C16H18O2.C13H19NO5.C10H12F2O3.C10H12F2O2.C10H14O3.C10H14O/c17-16(18)10-4-2-1-3-5-14(16)11-12-6-8-13(9-7-12)15(19)20;17-16(10-4-2-1-3-5-11-16)12-13-6-8-14(9-7-13)15(18)19;17-16(18)14-10-8-13(9-11-14)12-19-15-6-4-2-1-3-5-7-15;17-16(18)15-10-8-14(9-11-15)12-13-6-4-2-1-3-5-7-13;1-18-10-5-3-4-8-14(9-11(10)19-2)12(15)6-7-13(16)17;11-10(12)5-2-1-3-8(4-6-10)15-7-9(13)14;11-10(12)6-4-2-1-3-5-8(10)7-9(13)14;11-10(12)8-13-9-6-4-2-1-3-5-7-9;11-7-10-8-5-3-1-2-4-6-9(8)10/h6-9,14H,1-3,5,11H2,(H,19,20);6-9H,1-4,10,12H2,(H,18,19);8-11,15H,1-4,6,12H2,(H,17,18);8-11,13H,1-4,6,12H2,(H,17,18);10-11H,4,6-9H2,1-2H3,(H,16,17);8H,1,3-4,6-7H2,(H,13,14);8H,1-3,5,7H2,(H,13,14);9H,1-4,6,8H2,(H,11,12);8-11H,3-7H2/t;;;;10-,11-;;;;8-,9+,10?/m....0..../s1. The van der Waals surface area contributed by atoms with Gasteiger partial charge in [0, 0.05) is 129 Å². The Kier molecular flexibility index (Phi) is 57.7. The van der Waals surface area contributed by atoms with Crippen molar-refractivity contribution in [3.63, 3.8) is 0 Å². The van der Waals surface area contributed by atoms with Crippen molar-refractivity contribution in [1.82, 2.24) is 4.90 Å². The maximum Gasteiger partial charge on any atom is 0.335 e. The highest BCUT2D eigenvalue weighted by atomic mass is 19.3. The SMILES string of the molecule is CO[C@H]1C#CCCN(C(=O)CCC(=O)O)C[C@@H]1OC.O=C(O)CC1CCCCC#CC1(F)F.O=C(O)COC1C#CCCCCC1.O=C(O)COC1CCC#CC(F)(F)CC1.O=C(O)c1ccc(CC2(F)C#CCCCCC2)cc1.O=C(O)c1ccc(CC2C#CCCCCC2)cc1.O=C(O)c1ccc(CC2CCCCC#CC2(F)F)cc1.O=C(O)c1ccc(COC2C#CCCCCC2)cc1.OCC1[C@H]2CCC#CCC[C@@H]12. The maximum atomic E-state index is 14.7. The normalized spacial score (nSPS) is 23.4. The van der Waals surface area contributed by atoms with E-state index in [2.05, 4.69) is 94.7 Å². The Bertz CT molecular complexity index is 5450. The monoisotopic (exact) mass is 2060 g/mol. The average Bonchev–Trinajstić information content (AvgIpc) is 1.63. The summed E-state index contributed by atoms with van der Waals surface area (Å²) in [6, 6.07) is 26.4. The third-order valence-electron chi connectivity index (χ3n) is 25.8. The Morgan fingerprint density at radius 2 is 0.804 bits per heavy atom. The van der Waals surface area contributed by atoms with Crippen molar-refractivity contribution in [1.29, 1.82) is 0 Å². The average molecular weight is 2060 g/mol. The number of methoxy groups -OCH3 is 2. The lowest BCUT2D eigenvalue weighted by Crippen LogP contribution is -2.44. The van der Waals surface area contributed by atoms with Gasteiger partial charge in [0.05, 0.1) is 54.4 Å². The van der Waals surface area contributed by atoms with E-state index in [4.69, 9.17) is 69.6 Å². The van der Waals surface area contributed by atoms with Crippen LogP contribution in [-0.4, -0.2) is 206 Å². The van der Waals surface area contributed by atoms with E-state index in [1.165, 1.54) is 81.2 Å². The summed E-state index contributed by atoms with van der Waals surface area (Å²) in [5.74, 6) is 33.4. The van der Waals surface area contributed by atoms with Crippen LogP contribution in [0.5, 0.6) is 0 Å². The number of alkyl halides is 7. The second-order valence-corrected chi connectivity index (χ2v) is 37.5. The quantitative estimate of drug-likeness (QED) is 0.0198. The minimum absolute atomic E-state index is 0.00313. The van der Waals surface area contributed by atoms with Crippen molar-refractivity contribution in [2.24, 2.45) is 35.5 Å². The summed E-state index contributed by atoms with van der Waals surface area (Å²) in [6.45, 7) is 1.06. The van der Waals surface area contributed by atoms with E-state index in [1.807, 2.05) is 24.0 Å². The number of halogens is 7. The zero-order chi connectivity index (χ0) is 108. The summed E-state index contributed by atoms with van der Waals surface area (Å²) in [4.78, 5) is 97.8. The fourth-order valence-electron chi connectivity index (χ4n) is 17.3. The number of carboxylic acid groups (broad SMARTS) is 8. The Hall–Kier alpha value is -12.6. The number of hydrogen-bond donors (Lipinski definition) is 9. The second-order valence-electron chi connectivity index (χ2n) is 37.5. The molecule has 148 heavy (non-hydrogen) atoms. The topological polar surface area (TPSA) is 385 Å². The van der Waals surface area contributed by atoms with Crippen LogP contribution in [0, 0.1) is 142 Å². The molecule has 14 rings (SSSR count). The molecular weight excluding hydrogens is 1920 g/mol. The van der Waals surface area contributed by atoms with Crippen molar-refractivity contribution in [2.75, 3.05) is 47.1 Å². The van der Waals surface area contributed by atoms with Crippen LogP contribution in [0.2, 0.25) is 0 Å². The molecule has 4 aromatic carbocycles. The summed E-state index contributed by atoms with van der Waals surface area (Å²) in [6.07, 6.45) is 30.7. The zero-order valence-corrected chi connectivity index (χ0v) is 84.6. The van der Waals surface area contributed by atoms with E-state index in [-0.39, 0.29) is 93.0 Å². The van der Waals surface area contributed by atoms with Gasteiger partial charge in [-0.2, -0.15) is 26.3 Å². The van der Waals surface area contributed by atoms with E-state index in [9.17, 15) is 73.9 Å². The van der Waals surface area contributed by atoms with Crippen LogP contribution in [0.3, 0.4) is 0 Å². The molecule has 10 aliphatic rings. The van der Waals surface area contributed by atoms with Gasteiger partial charge in [0.1, 0.15) is 37.6 Å². The molecule has 0 radical (unpaired) electrons. The molecule has 0 spiro atoms. The molecule has 800 valence electrons. The lowest BCUT2D eigenvalue weighted by atomic mass is 9.87. The van der Waals surface area contributed by atoms with Crippen LogP contribution >= 0.6 is 0 Å². The van der Waals surface area contributed by atoms with Gasteiger partial charge in [0.25, 0.3) is 0 Å². The van der Waals surface area contributed by atoms with Gasteiger partial charge in [0.15, 0.2) is 5.67 Å². The van der Waals surface area contributed by atoms with Crippen LogP contribution in [-0.2, 0) is 73.5 Å². The first-order valence-corrected chi connectivity index (χ1v) is 51.1. The number of ether oxygens (including phenoxy) is 5. The predicted octanol–water partition coefficient (Wildman–Crippen LogP) is 21.0. The number of rotatable bonds is 27. The van der Waals surface area contributed by atoms with Crippen LogP contribution in [0.1, 0.15) is 321 Å². The molecule has 1 aliphatic heterocycles. The molecule has 8 unspecified atom stereocenters. The summed E-state index contributed by atoms with van der Waals surface area (Å²) in [5, 5.41) is 78.1. The second kappa shape index (κ2) is 68.9. The molecule has 1 saturated carbocycles. The number of carbonyl (C=O) groups excluding carboxylic acids is 1. The predicted molar refractivity (Wildman–Crippen MR) is 543 cm³/mol. The third kappa shape index (κ3) is 51.8. The first-order valence-electron chi connectivity index (χ1n) is 51.1. The number of aliphatic hydroxyl groups is 1. The van der Waals surface area contributed by atoms with Gasteiger partial charge in [-0.05, 0) is 241 Å². The summed E-state index contributed by atoms with van der Waals surface area (Å²) in [5.41, 5.74) is 3.25. The highest BCUT2D eigenvalue weighted by molar-refractivity contribution is 5.89. The number of aliphatic carboxylic acids is 4. The number of benzene rings is 4. The molecule has 9 aliphatic carbocycles. The number of carboxylic acids is 8. The van der Waals surface area contributed by atoms with Gasteiger partial charge < -0.3 is 74.5 Å². The lowest BCUT2D eigenvalue weighted by molar-refractivity contribution is -0.145. The van der Waals surface area contributed by atoms with E-state index in [0.717, 1.165) is 151 Å². The van der Waals surface area contributed by atoms with Gasteiger partial charge in [-0.1, -0.05) is 153 Å². The molecule has 0 saturated heterocycles. The molecule has 9 N–H and O–H groups in total. The van der Waals surface area contributed by atoms with Crippen molar-refractivity contribution in [2.45, 2.75) is 337 Å². The Morgan fingerprint density at radius 1 is 0.372 bits per heavy atom. The van der Waals surface area contributed by atoms with E-state index in [1.54, 1.807) is 79.8 Å². The van der Waals surface area contributed by atoms with Crippen LogP contribution in [0.4, 0.5) is 30.7 Å². The first-order chi connectivity index (χ1) is 70.9. The van der Waals surface area contributed by atoms with E-state index >= 15 is 0 Å². The number of fused-ring (bicyclic) bond motifs is 1. The van der Waals surface area contributed by atoms with Gasteiger partial charge >= 0.3 is 65.5 Å². The summed E-state index contributed by atoms with van der Waals surface area (Å²) in [7, 11) is 3.09. The van der Waals surface area contributed by atoms with Gasteiger partial charge in [-0.3, -0.25) is 14.4 Å². The largest absolute Gasteiger partial charge is 0.481 e. The van der Waals surface area contributed by atoms with Crippen molar-refractivity contribution < 1.29 is 144 Å². The molecule has 0 bridgehead atoms. The molecule has 1 heterocycles. The highest BCUT2D eigenvalue weighted by Crippen LogP contribution is 2.52. The van der Waals surface area contributed by atoms with E-state index in [0.29, 0.717) is 101 Å². The molecular formula is C117H140F7NO23. The highest BCUT2D eigenvalue weighted by Gasteiger charge is 2.48. The van der Waals surface area contributed by atoms with Crippen LogP contribution < -0.4 is 0 Å². The number of hydrogen-bond acceptors (Lipinski definition) is 15. The van der Waals surface area contributed by atoms with Gasteiger partial charge in [0.2, 0.25) is 5.91 Å². The number of aliphatic hydroxyl groups excluding tert-OH is 1. The smallest absolute Gasteiger partial charge is 0.335 e. The molecule has 1 fully saturated rings. The molecule has 24 nitrogen and oxygen atoms in total. The fourth-order valence-corrected chi connectivity index (χ4v) is 17.3. The number of nitrogens with zero attached hydrogens (tertiary/aromatic N) is 1. The minimum Gasteiger partial charge on any atom is -0.481 e. The van der Waals surface area contributed by atoms with E-state index < -0.39 is 102 Å². The summed E-state index contributed by atoms with van der Waals surface area (Å²) >= 11 is 0. The zero-order valence-electron chi connectivity index (χ0n) is 84.6. The maximum absolute atomic E-state index is 14.7. The Balaban J connectivity index is 0.000000255. The fraction of sp³-hybridized carbons (Fsp3) is 0.564. The molecule has 12 atom stereocenters. The third-order valence-corrected chi connectivity index (χ3v) is 25.8. The molecule has 0 aromatic heterocycles. The van der Waals surface area contributed by atoms with Gasteiger partial charge in [-0.15, -0.1) is 29.6 Å².